The molecule has 0 spiro atoms. The van der Waals surface area contributed by atoms with Crippen LogP contribution in [0.5, 0.6) is 0 Å². The van der Waals surface area contributed by atoms with Gasteiger partial charge in [0.15, 0.2) is 5.78 Å². The van der Waals surface area contributed by atoms with E-state index in [2.05, 4.69) is 4.99 Å². The SMILES string of the molecule is O=C(O)CC(=O)C=NCCO. The average Bonchev–Trinajstić information content (AvgIpc) is 1.86. The predicted molar refractivity (Wildman–Crippen MR) is 37.7 cm³/mol. The van der Waals surface area contributed by atoms with Gasteiger partial charge in [0.2, 0.25) is 0 Å². The fourth-order valence-corrected chi connectivity index (χ4v) is 0.419. The molecular weight excluding hydrogens is 150 g/mol. The number of hydrogen-bond donors (Lipinski definition) is 2. The van der Waals surface area contributed by atoms with Crippen LogP contribution in [-0.2, 0) is 9.59 Å². The van der Waals surface area contributed by atoms with Gasteiger partial charge in [-0.15, -0.1) is 0 Å². The summed E-state index contributed by atoms with van der Waals surface area (Å²) in [6.45, 7) is -0.0117. The molecule has 62 valence electrons. The number of nitrogens with zero attached hydrogens (tertiary/aromatic N) is 1. The lowest BCUT2D eigenvalue weighted by atomic mass is 10.3. The van der Waals surface area contributed by atoms with Gasteiger partial charge in [-0.05, 0) is 0 Å². The van der Waals surface area contributed by atoms with Crippen molar-refractivity contribution in [1.29, 1.82) is 0 Å². The molecule has 0 atom stereocenters. The summed E-state index contributed by atoms with van der Waals surface area (Å²) in [7, 11) is 0. The van der Waals surface area contributed by atoms with Gasteiger partial charge in [-0.3, -0.25) is 14.6 Å². The van der Waals surface area contributed by atoms with Crippen molar-refractivity contribution < 1.29 is 19.8 Å². The van der Waals surface area contributed by atoms with Crippen molar-refractivity contribution in [2.45, 2.75) is 6.42 Å². The van der Waals surface area contributed by atoms with Gasteiger partial charge in [-0.1, -0.05) is 0 Å². The summed E-state index contributed by atoms with van der Waals surface area (Å²) in [5.41, 5.74) is 0. The van der Waals surface area contributed by atoms with Gasteiger partial charge in [0, 0.05) is 0 Å². The Morgan fingerprint density at radius 2 is 2.09 bits per heavy atom. The first-order chi connectivity index (χ1) is 5.16. The van der Waals surface area contributed by atoms with Crippen LogP contribution in [0.2, 0.25) is 0 Å². The molecule has 0 radical (unpaired) electrons. The number of carboxylic acid groups (broad SMARTS) is 1. The molecule has 0 aliphatic carbocycles. The second kappa shape index (κ2) is 5.55. The summed E-state index contributed by atoms with van der Waals surface area (Å²) in [6.07, 6.45) is 0.374. The Bertz CT molecular complexity index is 175. The maximum absolute atomic E-state index is 10.5. The number of aliphatic hydroxyl groups excluding tert-OH is 1. The molecule has 0 aliphatic heterocycles. The van der Waals surface area contributed by atoms with Gasteiger partial charge in [-0.25, -0.2) is 0 Å². The van der Waals surface area contributed by atoms with E-state index in [1.165, 1.54) is 0 Å². The summed E-state index contributed by atoms with van der Waals surface area (Å²) >= 11 is 0. The van der Waals surface area contributed by atoms with Crippen molar-refractivity contribution in [3.8, 4) is 0 Å². The van der Waals surface area contributed by atoms with Crippen LogP contribution in [0.25, 0.3) is 0 Å². The third kappa shape index (κ3) is 6.66. The number of carbonyl (C=O) groups is 2. The van der Waals surface area contributed by atoms with Crippen molar-refractivity contribution in [3.05, 3.63) is 0 Å². The van der Waals surface area contributed by atoms with Crippen molar-refractivity contribution in [2.24, 2.45) is 4.99 Å². The zero-order chi connectivity index (χ0) is 8.69. The lowest BCUT2D eigenvalue weighted by Crippen LogP contribution is -2.07. The van der Waals surface area contributed by atoms with Gasteiger partial charge in [0.25, 0.3) is 0 Å². The molecule has 0 aromatic rings. The zero-order valence-electron chi connectivity index (χ0n) is 5.86. The molecule has 0 rings (SSSR count). The first-order valence-corrected chi connectivity index (χ1v) is 3.02. The molecule has 0 bridgehead atoms. The first-order valence-electron chi connectivity index (χ1n) is 3.02. The minimum atomic E-state index is -1.18. The van der Waals surface area contributed by atoms with E-state index in [-0.39, 0.29) is 13.2 Å². The van der Waals surface area contributed by atoms with Crippen LogP contribution < -0.4 is 0 Å². The minimum absolute atomic E-state index is 0.130. The minimum Gasteiger partial charge on any atom is -0.481 e. The number of aliphatic carboxylic acids is 1. The van der Waals surface area contributed by atoms with Gasteiger partial charge in [0.1, 0.15) is 6.42 Å². The highest BCUT2D eigenvalue weighted by atomic mass is 16.4. The molecule has 0 aliphatic rings. The van der Waals surface area contributed by atoms with Crippen LogP contribution in [0.1, 0.15) is 6.42 Å². The molecule has 0 saturated heterocycles. The summed E-state index contributed by atoms with van der Waals surface area (Å²) in [4.78, 5) is 23.9. The van der Waals surface area contributed by atoms with Crippen molar-refractivity contribution in [1.82, 2.24) is 0 Å². The Morgan fingerprint density at radius 3 is 2.55 bits per heavy atom. The predicted octanol–water partition coefficient (Wildman–Crippen LogP) is -0.907. The van der Waals surface area contributed by atoms with Crippen LogP contribution in [0, 0.1) is 0 Å². The normalized spacial score (nSPS) is 10.3. The number of Topliss-reactive ketones (excluding diaryl/α,β-unsaturated/α-hetero) is 1. The molecule has 11 heavy (non-hydrogen) atoms. The van der Waals surface area contributed by atoms with Crippen LogP contribution >= 0.6 is 0 Å². The Labute approximate surface area is 63.4 Å². The zero-order valence-corrected chi connectivity index (χ0v) is 5.86. The maximum Gasteiger partial charge on any atom is 0.311 e. The maximum atomic E-state index is 10.5. The molecule has 0 heterocycles. The summed E-state index contributed by atoms with van der Waals surface area (Å²) in [5, 5.41) is 16.3. The van der Waals surface area contributed by atoms with Crippen LogP contribution in [-0.4, -0.2) is 41.3 Å². The van der Waals surface area contributed by atoms with E-state index < -0.39 is 18.2 Å². The van der Waals surface area contributed by atoms with Crippen molar-refractivity contribution in [3.63, 3.8) is 0 Å². The largest absolute Gasteiger partial charge is 0.481 e. The van der Waals surface area contributed by atoms with E-state index in [0.717, 1.165) is 6.21 Å². The second-order valence-electron chi connectivity index (χ2n) is 1.80. The molecule has 2 N–H and O–H groups in total. The van der Waals surface area contributed by atoms with E-state index in [0.29, 0.717) is 0 Å². The summed E-state index contributed by atoms with van der Waals surface area (Å²) in [5.74, 6) is -1.74. The summed E-state index contributed by atoms with van der Waals surface area (Å²) in [6, 6.07) is 0. The highest BCUT2D eigenvalue weighted by Gasteiger charge is 2.02. The van der Waals surface area contributed by atoms with E-state index >= 15 is 0 Å². The monoisotopic (exact) mass is 159 g/mol. The fraction of sp³-hybridized carbons (Fsp3) is 0.500. The van der Waals surface area contributed by atoms with Crippen LogP contribution in [0.3, 0.4) is 0 Å². The molecule has 0 aromatic carbocycles. The van der Waals surface area contributed by atoms with E-state index in [4.69, 9.17) is 10.2 Å². The first kappa shape index (κ1) is 9.77. The van der Waals surface area contributed by atoms with Crippen LogP contribution in [0.4, 0.5) is 0 Å². The van der Waals surface area contributed by atoms with Gasteiger partial charge in [-0.2, -0.15) is 0 Å². The smallest absolute Gasteiger partial charge is 0.311 e. The number of hydrogen-bond acceptors (Lipinski definition) is 4. The number of ketones is 1. The molecule has 5 nitrogen and oxygen atoms in total. The van der Waals surface area contributed by atoms with Crippen LogP contribution in [0.15, 0.2) is 4.99 Å². The lowest BCUT2D eigenvalue weighted by Gasteiger charge is -1.87. The Hall–Kier alpha value is -1.23. The van der Waals surface area contributed by atoms with Gasteiger partial charge < -0.3 is 10.2 Å². The van der Waals surface area contributed by atoms with E-state index in [9.17, 15) is 9.59 Å². The molecule has 0 amide bonds. The molecule has 5 heteroatoms. The quantitative estimate of drug-likeness (QED) is 0.401. The van der Waals surface area contributed by atoms with Crippen molar-refractivity contribution >= 4 is 18.0 Å². The number of aliphatic hydroxyl groups is 1. The summed E-state index contributed by atoms with van der Waals surface area (Å²) < 4.78 is 0. The molecule has 0 saturated carbocycles. The van der Waals surface area contributed by atoms with Gasteiger partial charge >= 0.3 is 5.97 Å². The fourth-order valence-electron chi connectivity index (χ4n) is 0.419. The third-order valence-electron chi connectivity index (χ3n) is 0.790. The number of rotatable bonds is 5. The molecule has 0 fully saturated rings. The second-order valence-corrected chi connectivity index (χ2v) is 1.80. The Balaban J connectivity index is 3.60. The number of carbonyl (C=O) groups excluding carboxylic acids is 1. The topological polar surface area (TPSA) is 87.0 Å². The van der Waals surface area contributed by atoms with Gasteiger partial charge in [0.05, 0.1) is 19.4 Å². The lowest BCUT2D eigenvalue weighted by molar-refractivity contribution is -0.138. The molecule has 0 aromatic heterocycles. The number of aliphatic imine (C=N–C) groups is 1. The average molecular weight is 159 g/mol. The van der Waals surface area contributed by atoms with Crippen molar-refractivity contribution in [2.75, 3.05) is 13.2 Å². The third-order valence-corrected chi connectivity index (χ3v) is 0.790. The molecule has 0 unspecified atom stereocenters. The van der Waals surface area contributed by atoms with E-state index in [1.54, 1.807) is 0 Å². The standard InChI is InChI=1S/C6H9NO4/c8-2-1-7-4-5(9)3-6(10)11/h4,8H,1-3H2,(H,10,11). The molecular formula is C6H9NO4. The Morgan fingerprint density at radius 1 is 1.45 bits per heavy atom. The Kier molecular flexibility index (Phi) is 4.93. The highest BCUT2D eigenvalue weighted by molar-refractivity contribution is 6.31. The van der Waals surface area contributed by atoms with E-state index in [1.807, 2.05) is 0 Å². The number of carboxylic acids is 1. The highest BCUT2D eigenvalue weighted by Crippen LogP contribution is 1.79.